The van der Waals surface area contributed by atoms with Crippen LogP contribution in [0.25, 0.3) is 0 Å². The first kappa shape index (κ1) is 13.7. The average Bonchev–Trinajstić information content (AvgIpc) is 2.08. The Balaban J connectivity index is 0.00000169. The van der Waals surface area contributed by atoms with Crippen LogP contribution in [0.5, 0.6) is 0 Å². The maximum Gasteiger partial charge on any atom is 0.332 e. The van der Waals surface area contributed by atoms with Gasteiger partial charge in [-0.25, -0.2) is 4.79 Å². The first-order valence-electron chi connectivity index (χ1n) is 4.73. The van der Waals surface area contributed by atoms with Gasteiger partial charge in [0, 0.05) is 6.04 Å². The van der Waals surface area contributed by atoms with Gasteiger partial charge in [-0.1, -0.05) is 0 Å². The van der Waals surface area contributed by atoms with E-state index in [0.717, 1.165) is 25.7 Å². The molecule has 3 N–H and O–H groups in total. The Labute approximate surface area is 90.2 Å². The lowest BCUT2D eigenvalue weighted by Gasteiger charge is -2.27. The molecule has 1 saturated carbocycles. The van der Waals surface area contributed by atoms with E-state index in [1.165, 1.54) is 0 Å². The summed E-state index contributed by atoms with van der Waals surface area (Å²) in [6.07, 6.45) is 3.05. The third-order valence-corrected chi connectivity index (χ3v) is 2.46. The zero-order valence-corrected chi connectivity index (χ0v) is 9.13. The van der Waals surface area contributed by atoms with Crippen molar-refractivity contribution in [3.63, 3.8) is 0 Å². The van der Waals surface area contributed by atoms with Gasteiger partial charge in [0.1, 0.15) is 0 Å². The predicted octanol–water partition coefficient (Wildman–Crippen LogP) is 1.17. The van der Waals surface area contributed by atoms with Gasteiger partial charge in [0.25, 0.3) is 0 Å². The van der Waals surface area contributed by atoms with Crippen LogP contribution in [0.4, 0.5) is 0 Å². The summed E-state index contributed by atoms with van der Waals surface area (Å²) in [5.74, 6) is -0.894. The number of halogens is 1. The van der Waals surface area contributed by atoms with Crippen molar-refractivity contribution in [2.75, 3.05) is 0 Å². The molecule has 0 saturated heterocycles. The van der Waals surface area contributed by atoms with Crippen LogP contribution in [0.3, 0.4) is 0 Å². The number of hydrogen-bond donors (Lipinski definition) is 2. The van der Waals surface area contributed by atoms with Crippen LogP contribution < -0.4 is 5.73 Å². The van der Waals surface area contributed by atoms with Crippen LogP contribution >= 0.6 is 12.4 Å². The van der Waals surface area contributed by atoms with E-state index in [2.05, 4.69) is 0 Å². The quantitative estimate of drug-likeness (QED) is 0.754. The summed E-state index contributed by atoms with van der Waals surface area (Å²) in [7, 11) is 0. The first-order chi connectivity index (χ1) is 6.09. The fourth-order valence-corrected chi connectivity index (χ4v) is 1.57. The molecule has 84 valence electrons. The zero-order chi connectivity index (χ0) is 9.84. The molecule has 0 bridgehead atoms. The van der Waals surface area contributed by atoms with E-state index in [1.807, 2.05) is 0 Å². The molecule has 1 atom stereocenters. The molecule has 0 radical (unpaired) electrons. The number of nitrogens with two attached hydrogens (primary N) is 1. The molecule has 0 aromatic carbocycles. The highest BCUT2D eigenvalue weighted by Gasteiger charge is 2.23. The third-order valence-electron chi connectivity index (χ3n) is 2.46. The van der Waals surface area contributed by atoms with Gasteiger partial charge < -0.3 is 15.6 Å². The third kappa shape index (κ3) is 4.26. The second-order valence-corrected chi connectivity index (χ2v) is 3.65. The van der Waals surface area contributed by atoms with E-state index in [9.17, 15) is 4.79 Å². The SMILES string of the molecule is CC(OC1CCC(N)CC1)C(=O)O.Cl. The van der Waals surface area contributed by atoms with Crippen molar-refractivity contribution in [3.05, 3.63) is 0 Å². The standard InChI is InChI=1S/C9H17NO3.ClH/c1-6(9(11)12)13-8-4-2-7(10)3-5-8;/h6-8H,2-5,10H2,1H3,(H,11,12);1H. The molecule has 1 rings (SSSR count). The molecule has 0 aromatic heterocycles. The summed E-state index contributed by atoms with van der Waals surface area (Å²) in [5.41, 5.74) is 5.72. The van der Waals surface area contributed by atoms with Crippen LogP contribution in [0.15, 0.2) is 0 Å². The maximum atomic E-state index is 10.5. The molecule has 5 heteroatoms. The summed E-state index contributed by atoms with van der Waals surface area (Å²) < 4.78 is 5.35. The van der Waals surface area contributed by atoms with E-state index >= 15 is 0 Å². The van der Waals surface area contributed by atoms with Crippen LogP contribution in [-0.4, -0.2) is 29.3 Å². The highest BCUT2D eigenvalue weighted by atomic mass is 35.5. The Hall–Kier alpha value is -0.320. The van der Waals surface area contributed by atoms with E-state index in [-0.39, 0.29) is 24.6 Å². The second-order valence-electron chi connectivity index (χ2n) is 3.65. The fraction of sp³-hybridized carbons (Fsp3) is 0.889. The van der Waals surface area contributed by atoms with Crippen molar-refractivity contribution in [2.45, 2.75) is 50.9 Å². The molecular formula is C9H18ClNO3. The van der Waals surface area contributed by atoms with Crippen molar-refractivity contribution >= 4 is 18.4 Å². The molecule has 0 spiro atoms. The lowest BCUT2D eigenvalue weighted by atomic mass is 9.93. The number of carboxylic acids is 1. The van der Waals surface area contributed by atoms with Crippen molar-refractivity contribution in [1.82, 2.24) is 0 Å². The lowest BCUT2D eigenvalue weighted by Crippen LogP contribution is -2.34. The van der Waals surface area contributed by atoms with Gasteiger partial charge in [-0.05, 0) is 32.6 Å². The van der Waals surface area contributed by atoms with Crippen molar-refractivity contribution in [3.8, 4) is 0 Å². The summed E-state index contributed by atoms with van der Waals surface area (Å²) in [6.45, 7) is 1.57. The van der Waals surface area contributed by atoms with E-state index in [4.69, 9.17) is 15.6 Å². The van der Waals surface area contributed by atoms with Crippen molar-refractivity contribution < 1.29 is 14.6 Å². The normalized spacial score (nSPS) is 29.0. The molecule has 0 heterocycles. The number of aliphatic carboxylic acids is 1. The number of hydrogen-bond acceptors (Lipinski definition) is 3. The maximum absolute atomic E-state index is 10.5. The Kier molecular flexibility index (Phi) is 6.08. The largest absolute Gasteiger partial charge is 0.479 e. The summed E-state index contributed by atoms with van der Waals surface area (Å²) in [4.78, 5) is 10.5. The topological polar surface area (TPSA) is 72.5 Å². The molecule has 1 fully saturated rings. The Bertz CT molecular complexity index is 181. The molecule has 1 unspecified atom stereocenters. The summed E-state index contributed by atoms with van der Waals surface area (Å²) >= 11 is 0. The van der Waals surface area contributed by atoms with Crippen molar-refractivity contribution in [1.29, 1.82) is 0 Å². The van der Waals surface area contributed by atoms with Gasteiger partial charge in [-0.15, -0.1) is 12.4 Å². The highest BCUT2D eigenvalue weighted by molar-refractivity contribution is 5.85. The first-order valence-corrected chi connectivity index (χ1v) is 4.73. The predicted molar refractivity (Wildman–Crippen MR) is 55.7 cm³/mol. The molecule has 0 aliphatic heterocycles. The van der Waals surface area contributed by atoms with Gasteiger partial charge in [-0.2, -0.15) is 0 Å². The number of ether oxygens (including phenoxy) is 1. The van der Waals surface area contributed by atoms with Crippen molar-refractivity contribution in [2.24, 2.45) is 5.73 Å². The molecule has 0 amide bonds. The molecule has 1 aliphatic carbocycles. The van der Waals surface area contributed by atoms with Crippen LogP contribution in [-0.2, 0) is 9.53 Å². The average molecular weight is 224 g/mol. The fourth-order valence-electron chi connectivity index (χ4n) is 1.57. The number of rotatable bonds is 3. The van der Waals surface area contributed by atoms with Gasteiger partial charge in [0.15, 0.2) is 6.10 Å². The Morgan fingerprint density at radius 1 is 1.43 bits per heavy atom. The van der Waals surface area contributed by atoms with Crippen LogP contribution in [0, 0.1) is 0 Å². The van der Waals surface area contributed by atoms with E-state index in [0.29, 0.717) is 0 Å². The molecular weight excluding hydrogens is 206 g/mol. The number of carboxylic acid groups (broad SMARTS) is 1. The zero-order valence-electron chi connectivity index (χ0n) is 8.31. The van der Waals surface area contributed by atoms with Crippen LogP contribution in [0.2, 0.25) is 0 Å². The second kappa shape index (κ2) is 6.22. The summed E-state index contributed by atoms with van der Waals surface area (Å²) in [5, 5.41) is 8.61. The minimum Gasteiger partial charge on any atom is -0.479 e. The van der Waals surface area contributed by atoms with Gasteiger partial charge in [0.05, 0.1) is 6.10 Å². The van der Waals surface area contributed by atoms with Gasteiger partial charge in [-0.3, -0.25) is 0 Å². The smallest absolute Gasteiger partial charge is 0.332 e. The summed E-state index contributed by atoms with van der Waals surface area (Å²) in [6, 6.07) is 0.278. The van der Waals surface area contributed by atoms with Gasteiger partial charge >= 0.3 is 5.97 Å². The van der Waals surface area contributed by atoms with E-state index < -0.39 is 12.1 Å². The Morgan fingerprint density at radius 3 is 2.36 bits per heavy atom. The molecule has 4 nitrogen and oxygen atoms in total. The molecule has 14 heavy (non-hydrogen) atoms. The van der Waals surface area contributed by atoms with Crippen LogP contribution in [0.1, 0.15) is 32.6 Å². The minimum absolute atomic E-state index is 0. The molecule has 0 aromatic rings. The van der Waals surface area contributed by atoms with E-state index in [1.54, 1.807) is 6.92 Å². The molecule has 1 aliphatic rings. The van der Waals surface area contributed by atoms with Gasteiger partial charge in [0.2, 0.25) is 0 Å². The highest BCUT2D eigenvalue weighted by Crippen LogP contribution is 2.20. The Morgan fingerprint density at radius 2 is 1.93 bits per heavy atom. The number of carbonyl (C=O) groups is 1. The monoisotopic (exact) mass is 223 g/mol. The lowest BCUT2D eigenvalue weighted by molar-refractivity contribution is -0.153. The minimum atomic E-state index is -0.894.